The normalized spacial score (nSPS) is 19.9. The molecule has 2 amide bonds. The zero-order chi connectivity index (χ0) is 28.6. The number of amides is 2. The van der Waals surface area contributed by atoms with Gasteiger partial charge in [-0.25, -0.2) is 4.58 Å². The van der Waals surface area contributed by atoms with Crippen LogP contribution in [0.3, 0.4) is 0 Å². The van der Waals surface area contributed by atoms with Gasteiger partial charge in [-0.3, -0.25) is 14.6 Å². The molecule has 2 aromatic rings. The smallest absolute Gasteiger partial charge is 0.251 e. The van der Waals surface area contributed by atoms with Crippen LogP contribution >= 0.6 is 0 Å². The Morgan fingerprint density at radius 1 is 1.27 bits per heavy atom. The summed E-state index contributed by atoms with van der Waals surface area (Å²) in [4.78, 5) is 32.2. The Balaban J connectivity index is 1.37. The summed E-state index contributed by atoms with van der Waals surface area (Å²) in [7, 11) is 2.06. The molecule has 4 rings (SSSR count). The number of carbonyl (C=O) groups is 2. The van der Waals surface area contributed by atoms with E-state index in [1.165, 1.54) is 5.71 Å². The van der Waals surface area contributed by atoms with Crippen LogP contribution in [-0.4, -0.2) is 64.2 Å². The SMILES string of the molecule is CCC1C=CC(c2ccoc2)=CC(C)=[N+]1CCC=C(C)C(=O)Nc1cc(NC(=O)CC2CCCN2C)cnc1C. The number of hydrogen-bond donors (Lipinski definition) is 2. The summed E-state index contributed by atoms with van der Waals surface area (Å²) < 4.78 is 7.65. The van der Waals surface area contributed by atoms with Gasteiger partial charge in [-0.15, -0.1) is 0 Å². The number of likely N-dealkylation sites (tertiary alicyclic amines) is 1. The molecule has 2 aromatic heterocycles. The molecule has 40 heavy (non-hydrogen) atoms. The molecule has 1 fully saturated rings. The molecule has 0 spiro atoms. The van der Waals surface area contributed by atoms with Gasteiger partial charge >= 0.3 is 0 Å². The number of rotatable bonds is 10. The van der Waals surface area contributed by atoms with E-state index in [9.17, 15) is 9.59 Å². The van der Waals surface area contributed by atoms with Crippen LogP contribution in [0, 0.1) is 6.92 Å². The molecule has 4 heterocycles. The lowest BCUT2D eigenvalue weighted by atomic mass is 10.1. The minimum atomic E-state index is -0.174. The van der Waals surface area contributed by atoms with E-state index in [1.807, 2.05) is 26.0 Å². The highest BCUT2D eigenvalue weighted by atomic mass is 16.3. The number of aryl methyl sites for hydroxylation is 1. The third kappa shape index (κ3) is 7.45. The van der Waals surface area contributed by atoms with Gasteiger partial charge in [-0.05, 0) is 64.1 Å². The van der Waals surface area contributed by atoms with E-state index in [-0.39, 0.29) is 23.9 Å². The predicted molar refractivity (Wildman–Crippen MR) is 161 cm³/mol. The Morgan fingerprint density at radius 2 is 2.10 bits per heavy atom. The van der Waals surface area contributed by atoms with Gasteiger partial charge in [-0.2, -0.15) is 0 Å². The number of nitrogens with one attached hydrogen (secondary N) is 2. The van der Waals surface area contributed by atoms with Crippen molar-refractivity contribution in [3.05, 3.63) is 72.0 Å². The number of carbonyl (C=O) groups excluding carboxylic acids is 2. The molecular formula is C32H42N5O3+. The lowest BCUT2D eigenvalue weighted by Crippen LogP contribution is -2.29. The number of nitrogens with zero attached hydrogens (tertiary/aromatic N) is 3. The maximum absolute atomic E-state index is 13.0. The van der Waals surface area contributed by atoms with Gasteiger partial charge in [0, 0.05) is 49.4 Å². The molecule has 0 aromatic carbocycles. The first-order chi connectivity index (χ1) is 19.2. The Hall–Kier alpha value is -3.78. The van der Waals surface area contributed by atoms with E-state index in [4.69, 9.17) is 4.42 Å². The maximum Gasteiger partial charge on any atom is 0.251 e. The molecule has 0 radical (unpaired) electrons. The van der Waals surface area contributed by atoms with E-state index < -0.39 is 0 Å². The van der Waals surface area contributed by atoms with Crippen LogP contribution in [0.4, 0.5) is 11.4 Å². The summed E-state index contributed by atoms with van der Waals surface area (Å²) in [5, 5.41) is 5.92. The summed E-state index contributed by atoms with van der Waals surface area (Å²) >= 11 is 0. The first-order valence-electron chi connectivity index (χ1n) is 14.2. The van der Waals surface area contributed by atoms with E-state index in [0.29, 0.717) is 29.1 Å². The fourth-order valence-corrected chi connectivity index (χ4v) is 5.37. The molecule has 212 valence electrons. The van der Waals surface area contributed by atoms with E-state index >= 15 is 0 Å². The van der Waals surface area contributed by atoms with Crippen molar-refractivity contribution in [3.63, 3.8) is 0 Å². The molecule has 1 saturated heterocycles. The number of anilines is 2. The van der Waals surface area contributed by atoms with Crippen molar-refractivity contribution in [1.29, 1.82) is 0 Å². The largest absolute Gasteiger partial charge is 0.472 e. The van der Waals surface area contributed by atoms with Crippen molar-refractivity contribution in [2.75, 3.05) is 30.8 Å². The van der Waals surface area contributed by atoms with Crippen LogP contribution in [0.15, 0.2) is 65.2 Å². The summed E-state index contributed by atoms with van der Waals surface area (Å²) in [5.41, 5.74) is 5.90. The van der Waals surface area contributed by atoms with E-state index in [2.05, 4.69) is 64.2 Å². The van der Waals surface area contributed by atoms with Crippen LogP contribution in [0.5, 0.6) is 0 Å². The van der Waals surface area contributed by atoms with Crippen molar-refractivity contribution in [2.24, 2.45) is 0 Å². The van der Waals surface area contributed by atoms with Gasteiger partial charge in [0.25, 0.3) is 5.91 Å². The Kier molecular flexibility index (Phi) is 9.88. The zero-order valence-corrected chi connectivity index (χ0v) is 24.4. The molecule has 8 heteroatoms. The minimum absolute atomic E-state index is 0.0367. The first kappa shape index (κ1) is 29.2. The van der Waals surface area contributed by atoms with E-state index in [1.54, 1.807) is 24.8 Å². The van der Waals surface area contributed by atoms with Crippen molar-refractivity contribution < 1.29 is 18.6 Å². The summed E-state index contributed by atoms with van der Waals surface area (Å²) in [5.74, 6) is -0.211. The van der Waals surface area contributed by atoms with Crippen LogP contribution in [0.1, 0.15) is 64.1 Å². The number of allylic oxidation sites excluding steroid dienone is 3. The highest BCUT2D eigenvalue weighted by Crippen LogP contribution is 2.22. The standard InChI is InChI=1S/C32H41N5O3/c1-6-28-12-11-25(26-13-16-40-21-26)17-23(3)37(28)15-7-9-22(2)32(39)35-30-18-27(20-33-24(30)4)34-31(38)19-29-10-8-14-36(29)5/h9,11-13,16-18,20-21,28-29H,6-8,10,14-15,19H2,1-5H3,(H-,34,35,38,39)/p+1. The van der Waals surface area contributed by atoms with Gasteiger partial charge in [-0.1, -0.05) is 19.1 Å². The third-order valence-corrected chi connectivity index (χ3v) is 7.88. The van der Waals surface area contributed by atoms with Crippen LogP contribution < -0.4 is 10.6 Å². The van der Waals surface area contributed by atoms with Crippen LogP contribution in [0.2, 0.25) is 0 Å². The lowest BCUT2D eigenvalue weighted by molar-refractivity contribution is -0.553. The van der Waals surface area contributed by atoms with Gasteiger partial charge in [0.1, 0.15) is 6.54 Å². The van der Waals surface area contributed by atoms with E-state index in [0.717, 1.165) is 49.9 Å². The highest BCUT2D eigenvalue weighted by Gasteiger charge is 2.24. The Bertz CT molecular complexity index is 1340. The Labute approximate surface area is 237 Å². The molecule has 8 nitrogen and oxygen atoms in total. The maximum atomic E-state index is 13.0. The summed E-state index contributed by atoms with van der Waals surface area (Å²) in [6.45, 7) is 9.82. The van der Waals surface area contributed by atoms with Gasteiger partial charge in [0.2, 0.25) is 5.91 Å². The number of pyridine rings is 1. The molecule has 0 bridgehead atoms. The molecular weight excluding hydrogens is 502 g/mol. The molecule has 2 N–H and O–H groups in total. The second-order valence-electron chi connectivity index (χ2n) is 10.8. The first-order valence-corrected chi connectivity index (χ1v) is 14.2. The fourth-order valence-electron chi connectivity index (χ4n) is 5.37. The highest BCUT2D eigenvalue weighted by molar-refractivity contribution is 6.04. The summed E-state index contributed by atoms with van der Waals surface area (Å²) in [6.07, 6.45) is 18.0. The Morgan fingerprint density at radius 3 is 2.80 bits per heavy atom. The molecule has 0 aliphatic carbocycles. The average Bonchev–Trinajstić information content (AvgIpc) is 3.57. The molecule has 2 aliphatic heterocycles. The number of furan rings is 1. The average molecular weight is 545 g/mol. The van der Waals surface area contributed by atoms with Gasteiger partial charge in [0.05, 0.1) is 35.8 Å². The lowest BCUT2D eigenvalue weighted by Gasteiger charge is -2.18. The topological polar surface area (TPSA) is 90.5 Å². The number of hydrogen-bond acceptors (Lipinski definition) is 5. The monoisotopic (exact) mass is 544 g/mol. The van der Waals surface area contributed by atoms with Gasteiger partial charge in [0.15, 0.2) is 11.8 Å². The van der Waals surface area contributed by atoms with Crippen molar-refractivity contribution in [1.82, 2.24) is 9.88 Å². The molecule has 2 atom stereocenters. The minimum Gasteiger partial charge on any atom is -0.472 e. The summed E-state index contributed by atoms with van der Waals surface area (Å²) in [6, 6.07) is 4.31. The quantitative estimate of drug-likeness (QED) is 0.301. The predicted octanol–water partition coefficient (Wildman–Crippen LogP) is 5.59. The molecule has 0 saturated carbocycles. The fraction of sp³-hybridized carbons (Fsp3) is 0.438. The third-order valence-electron chi connectivity index (χ3n) is 7.88. The van der Waals surface area contributed by atoms with Crippen LogP contribution in [-0.2, 0) is 9.59 Å². The zero-order valence-electron chi connectivity index (χ0n) is 24.4. The van der Waals surface area contributed by atoms with Gasteiger partial charge < -0.3 is 20.0 Å². The van der Waals surface area contributed by atoms with Crippen LogP contribution in [0.25, 0.3) is 5.57 Å². The van der Waals surface area contributed by atoms with Crippen molar-refractivity contribution >= 4 is 34.5 Å². The van der Waals surface area contributed by atoms with Crippen molar-refractivity contribution in [2.45, 2.75) is 71.9 Å². The second kappa shape index (κ2) is 13.5. The molecule has 2 unspecified atom stereocenters. The second-order valence-corrected chi connectivity index (χ2v) is 10.8. The number of aromatic nitrogens is 1. The molecule has 2 aliphatic rings. The van der Waals surface area contributed by atoms with Crippen molar-refractivity contribution in [3.8, 4) is 0 Å².